The van der Waals surface area contributed by atoms with E-state index in [2.05, 4.69) is 10.6 Å². The van der Waals surface area contributed by atoms with Crippen LogP contribution in [-0.2, 0) is 16.0 Å². The molecule has 0 bridgehead atoms. The molecule has 2 aromatic rings. The second-order valence-electron chi connectivity index (χ2n) is 5.29. The standard InChI is InChI=1S/C17H16Cl2N2O4S2/c1-8-12(15(22)24-2)14(27-13(8)16(23)25-3)21-17(26)20-7-9-4-5-10(18)6-11(9)19/h4-6H,7H2,1-3H3,(H2,20,21,26). The predicted octanol–water partition coefficient (Wildman–Crippen LogP) is 4.42. The fourth-order valence-corrected chi connectivity index (χ4v) is 4.06. The van der Waals surface area contributed by atoms with Crippen molar-refractivity contribution in [1.29, 1.82) is 0 Å². The van der Waals surface area contributed by atoms with E-state index in [0.29, 0.717) is 32.0 Å². The van der Waals surface area contributed by atoms with Crippen LogP contribution in [0.25, 0.3) is 0 Å². The Labute approximate surface area is 175 Å². The largest absolute Gasteiger partial charge is 0.465 e. The maximum atomic E-state index is 12.1. The summed E-state index contributed by atoms with van der Waals surface area (Å²) in [5.74, 6) is -1.12. The van der Waals surface area contributed by atoms with Gasteiger partial charge in [-0.25, -0.2) is 9.59 Å². The molecule has 0 saturated carbocycles. The van der Waals surface area contributed by atoms with E-state index in [1.165, 1.54) is 14.2 Å². The highest BCUT2D eigenvalue weighted by atomic mass is 35.5. The predicted molar refractivity (Wildman–Crippen MR) is 111 cm³/mol. The fourth-order valence-electron chi connectivity index (χ4n) is 2.22. The van der Waals surface area contributed by atoms with Crippen LogP contribution in [0.5, 0.6) is 0 Å². The van der Waals surface area contributed by atoms with Crippen molar-refractivity contribution < 1.29 is 19.1 Å². The molecule has 0 amide bonds. The zero-order valence-electron chi connectivity index (χ0n) is 14.6. The van der Waals surface area contributed by atoms with Crippen LogP contribution < -0.4 is 10.6 Å². The molecule has 1 heterocycles. The van der Waals surface area contributed by atoms with E-state index in [9.17, 15) is 9.59 Å². The lowest BCUT2D eigenvalue weighted by Crippen LogP contribution is -2.28. The summed E-state index contributed by atoms with van der Waals surface area (Å²) in [5.41, 5.74) is 1.50. The van der Waals surface area contributed by atoms with E-state index in [1.807, 2.05) is 0 Å². The molecule has 0 radical (unpaired) electrons. The molecular weight excluding hydrogens is 431 g/mol. The van der Waals surface area contributed by atoms with Crippen molar-refractivity contribution in [1.82, 2.24) is 5.32 Å². The van der Waals surface area contributed by atoms with Gasteiger partial charge < -0.3 is 20.1 Å². The van der Waals surface area contributed by atoms with Gasteiger partial charge in [0.1, 0.15) is 9.88 Å². The van der Waals surface area contributed by atoms with Crippen LogP contribution >= 0.6 is 46.8 Å². The fraction of sp³-hybridized carbons (Fsp3) is 0.235. The van der Waals surface area contributed by atoms with Gasteiger partial charge in [-0.05, 0) is 42.4 Å². The smallest absolute Gasteiger partial charge is 0.348 e. The summed E-state index contributed by atoms with van der Waals surface area (Å²) in [6.07, 6.45) is 0. The SMILES string of the molecule is COC(=O)c1sc(NC(=S)NCc2ccc(Cl)cc2Cl)c(C(=O)OC)c1C. The van der Waals surface area contributed by atoms with Gasteiger partial charge in [-0.3, -0.25) is 0 Å². The number of thiocarbonyl (C=S) groups is 1. The van der Waals surface area contributed by atoms with Gasteiger partial charge in [-0.15, -0.1) is 11.3 Å². The quantitative estimate of drug-likeness (QED) is 0.519. The number of nitrogens with one attached hydrogen (secondary N) is 2. The van der Waals surface area contributed by atoms with Crippen molar-refractivity contribution in [3.8, 4) is 0 Å². The number of hydrogen-bond donors (Lipinski definition) is 2. The third-order valence-electron chi connectivity index (χ3n) is 3.59. The van der Waals surface area contributed by atoms with Crippen LogP contribution in [0.15, 0.2) is 18.2 Å². The molecule has 0 aliphatic carbocycles. The highest BCUT2D eigenvalue weighted by molar-refractivity contribution is 7.80. The third-order valence-corrected chi connectivity index (χ3v) is 5.61. The monoisotopic (exact) mass is 446 g/mol. The first-order valence-corrected chi connectivity index (χ1v) is 9.55. The van der Waals surface area contributed by atoms with Crippen molar-refractivity contribution >= 4 is 68.8 Å². The van der Waals surface area contributed by atoms with Gasteiger partial charge in [0.25, 0.3) is 0 Å². The third kappa shape index (κ3) is 5.10. The zero-order valence-corrected chi connectivity index (χ0v) is 17.8. The van der Waals surface area contributed by atoms with Crippen LogP contribution in [-0.4, -0.2) is 31.3 Å². The average Bonchev–Trinajstić information content (AvgIpc) is 2.95. The van der Waals surface area contributed by atoms with Gasteiger partial charge in [0.15, 0.2) is 5.11 Å². The summed E-state index contributed by atoms with van der Waals surface area (Å²) < 4.78 is 9.55. The molecule has 0 spiro atoms. The first-order valence-electron chi connectivity index (χ1n) is 7.57. The minimum absolute atomic E-state index is 0.233. The van der Waals surface area contributed by atoms with Crippen LogP contribution in [0.1, 0.15) is 31.2 Å². The van der Waals surface area contributed by atoms with E-state index in [1.54, 1.807) is 25.1 Å². The molecule has 2 rings (SSSR count). The molecule has 10 heteroatoms. The normalized spacial score (nSPS) is 10.3. The first-order chi connectivity index (χ1) is 12.8. The summed E-state index contributed by atoms with van der Waals surface area (Å²) in [6.45, 7) is 1.99. The Morgan fingerprint density at radius 1 is 1.19 bits per heavy atom. The Bertz CT molecular complexity index is 899. The molecular formula is C17H16Cl2N2O4S2. The maximum Gasteiger partial charge on any atom is 0.348 e. The molecule has 0 saturated heterocycles. The van der Waals surface area contributed by atoms with Crippen LogP contribution in [0.3, 0.4) is 0 Å². The molecule has 0 aliphatic rings. The highest BCUT2D eigenvalue weighted by Gasteiger charge is 2.26. The Kier molecular flexibility index (Phi) is 7.43. The van der Waals surface area contributed by atoms with Gasteiger partial charge in [0, 0.05) is 16.6 Å². The number of ether oxygens (including phenoxy) is 2. The number of carbonyl (C=O) groups excluding carboxylic acids is 2. The molecule has 1 aromatic carbocycles. The Balaban J connectivity index is 2.18. The number of benzene rings is 1. The van der Waals surface area contributed by atoms with Gasteiger partial charge in [0.05, 0.1) is 19.8 Å². The van der Waals surface area contributed by atoms with E-state index >= 15 is 0 Å². The Hall–Kier alpha value is -1.87. The van der Waals surface area contributed by atoms with E-state index in [0.717, 1.165) is 16.9 Å². The van der Waals surface area contributed by atoms with Crippen molar-refractivity contribution in [3.63, 3.8) is 0 Å². The van der Waals surface area contributed by atoms with Gasteiger partial charge in [0.2, 0.25) is 0 Å². The molecule has 6 nitrogen and oxygen atoms in total. The summed E-state index contributed by atoms with van der Waals surface area (Å²) in [4.78, 5) is 24.3. The highest BCUT2D eigenvalue weighted by Crippen LogP contribution is 2.34. The summed E-state index contributed by atoms with van der Waals surface area (Å²) in [6, 6.07) is 5.14. The molecule has 27 heavy (non-hydrogen) atoms. The minimum atomic E-state index is -0.579. The number of methoxy groups -OCH3 is 2. The van der Waals surface area contributed by atoms with Gasteiger partial charge in [-0.2, -0.15) is 0 Å². The van der Waals surface area contributed by atoms with Crippen molar-refractivity contribution in [2.45, 2.75) is 13.5 Å². The number of rotatable bonds is 5. The van der Waals surface area contributed by atoms with Crippen LogP contribution in [0.4, 0.5) is 5.00 Å². The number of hydrogen-bond acceptors (Lipinski definition) is 6. The average molecular weight is 447 g/mol. The van der Waals surface area contributed by atoms with Crippen molar-refractivity contribution in [2.75, 3.05) is 19.5 Å². The summed E-state index contributed by atoms with van der Waals surface area (Å²) >= 11 is 18.4. The van der Waals surface area contributed by atoms with Gasteiger partial charge in [-0.1, -0.05) is 29.3 Å². The number of carbonyl (C=O) groups is 2. The lowest BCUT2D eigenvalue weighted by atomic mass is 10.1. The molecule has 0 unspecified atom stereocenters. The second kappa shape index (κ2) is 9.36. The molecule has 0 aliphatic heterocycles. The summed E-state index contributed by atoms with van der Waals surface area (Å²) in [5, 5.41) is 7.61. The minimum Gasteiger partial charge on any atom is -0.465 e. The van der Waals surface area contributed by atoms with E-state index in [-0.39, 0.29) is 10.7 Å². The second-order valence-corrected chi connectivity index (χ2v) is 7.56. The molecule has 0 atom stereocenters. The number of anilines is 1. The topological polar surface area (TPSA) is 76.7 Å². The Morgan fingerprint density at radius 2 is 1.85 bits per heavy atom. The van der Waals surface area contributed by atoms with Crippen molar-refractivity contribution in [3.05, 3.63) is 49.8 Å². The zero-order chi connectivity index (χ0) is 20.1. The van der Waals surface area contributed by atoms with Gasteiger partial charge >= 0.3 is 11.9 Å². The molecule has 0 fully saturated rings. The lowest BCUT2D eigenvalue weighted by molar-refractivity contribution is 0.0601. The van der Waals surface area contributed by atoms with Crippen LogP contribution in [0, 0.1) is 6.92 Å². The maximum absolute atomic E-state index is 12.1. The Morgan fingerprint density at radius 3 is 2.44 bits per heavy atom. The van der Waals surface area contributed by atoms with Crippen molar-refractivity contribution in [2.24, 2.45) is 0 Å². The van der Waals surface area contributed by atoms with E-state index in [4.69, 9.17) is 44.9 Å². The lowest BCUT2D eigenvalue weighted by Gasteiger charge is -2.11. The number of thiophene rings is 1. The number of esters is 2. The van der Waals surface area contributed by atoms with E-state index < -0.39 is 11.9 Å². The number of halogens is 2. The molecule has 144 valence electrons. The molecule has 1 aromatic heterocycles. The summed E-state index contributed by atoms with van der Waals surface area (Å²) in [7, 11) is 2.54. The molecule has 2 N–H and O–H groups in total. The van der Waals surface area contributed by atoms with Crippen LogP contribution in [0.2, 0.25) is 10.0 Å². The first kappa shape index (κ1) is 21.4.